The maximum Gasteiger partial charge on any atom is 0.165 e. The van der Waals surface area contributed by atoms with Gasteiger partial charge in [-0.2, -0.15) is 0 Å². The van der Waals surface area contributed by atoms with E-state index in [9.17, 15) is 4.79 Å². The Hall–Kier alpha value is -1.09. The molecule has 1 aromatic heterocycles. The molecule has 3 heteroatoms. The number of carbonyl (C=O) groups excluding carboxylic acids is 1. The molecule has 0 aliphatic heterocycles. The summed E-state index contributed by atoms with van der Waals surface area (Å²) in [4.78, 5) is 14.7. The van der Waals surface area contributed by atoms with Crippen LogP contribution in [0.4, 0.5) is 0 Å². The van der Waals surface area contributed by atoms with Crippen molar-refractivity contribution in [3.63, 3.8) is 0 Å². The first-order valence-electron chi connectivity index (χ1n) is 7.90. The number of carbonyl (C=O) groups is 1. The number of hydrogen-bond acceptors (Lipinski definition) is 2. The maximum absolute atomic E-state index is 12.2. The Bertz CT molecular complexity index is 473. The molecule has 112 valence electrons. The Morgan fingerprint density at radius 3 is 2.65 bits per heavy atom. The van der Waals surface area contributed by atoms with E-state index < -0.39 is 0 Å². The van der Waals surface area contributed by atoms with Gasteiger partial charge in [-0.15, -0.1) is 0 Å². The van der Waals surface area contributed by atoms with Crippen LogP contribution in [0.15, 0.2) is 12.3 Å². The lowest BCUT2D eigenvalue weighted by atomic mass is 9.76. The molecule has 1 heterocycles. The third-order valence-electron chi connectivity index (χ3n) is 4.31. The van der Waals surface area contributed by atoms with Crippen molar-refractivity contribution in [1.82, 2.24) is 9.47 Å². The van der Waals surface area contributed by atoms with E-state index in [0.717, 1.165) is 38.2 Å². The monoisotopic (exact) mass is 276 g/mol. The van der Waals surface area contributed by atoms with Crippen LogP contribution in [0.5, 0.6) is 0 Å². The van der Waals surface area contributed by atoms with Gasteiger partial charge in [0.05, 0.1) is 0 Å². The molecule has 0 spiro atoms. The average Bonchev–Trinajstić information content (AvgIpc) is 2.76. The maximum atomic E-state index is 12.2. The van der Waals surface area contributed by atoms with Crippen molar-refractivity contribution in [2.75, 3.05) is 19.6 Å². The van der Waals surface area contributed by atoms with Crippen molar-refractivity contribution in [3.8, 4) is 0 Å². The van der Waals surface area contributed by atoms with Crippen LogP contribution >= 0.6 is 0 Å². The molecule has 0 fully saturated rings. The average molecular weight is 276 g/mol. The van der Waals surface area contributed by atoms with Crippen LogP contribution in [0.2, 0.25) is 0 Å². The summed E-state index contributed by atoms with van der Waals surface area (Å²) in [6, 6.07) is 2.02. The van der Waals surface area contributed by atoms with E-state index in [1.165, 1.54) is 12.1 Å². The third kappa shape index (κ3) is 3.32. The normalized spacial score (nSPS) is 17.6. The van der Waals surface area contributed by atoms with Crippen molar-refractivity contribution in [2.24, 2.45) is 5.41 Å². The lowest BCUT2D eigenvalue weighted by molar-refractivity contribution is 0.0909. The Balaban J connectivity index is 2.09. The number of hydrogen-bond donors (Lipinski definition) is 0. The Labute approximate surface area is 123 Å². The van der Waals surface area contributed by atoms with E-state index in [1.807, 2.05) is 6.07 Å². The van der Waals surface area contributed by atoms with E-state index in [0.29, 0.717) is 12.2 Å². The summed E-state index contributed by atoms with van der Waals surface area (Å²) in [5, 5.41) is 0. The van der Waals surface area contributed by atoms with Crippen molar-refractivity contribution in [1.29, 1.82) is 0 Å². The van der Waals surface area contributed by atoms with Gasteiger partial charge in [0.2, 0.25) is 0 Å². The highest BCUT2D eigenvalue weighted by Gasteiger charge is 2.32. The van der Waals surface area contributed by atoms with E-state index >= 15 is 0 Å². The summed E-state index contributed by atoms with van der Waals surface area (Å²) >= 11 is 0. The van der Waals surface area contributed by atoms with Gasteiger partial charge in [-0.05, 0) is 37.4 Å². The molecule has 0 atom stereocenters. The molecule has 1 aliphatic carbocycles. The molecule has 3 nitrogen and oxygen atoms in total. The zero-order valence-corrected chi connectivity index (χ0v) is 13.4. The van der Waals surface area contributed by atoms with E-state index in [2.05, 4.69) is 43.4 Å². The van der Waals surface area contributed by atoms with Gasteiger partial charge in [-0.1, -0.05) is 27.7 Å². The van der Waals surface area contributed by atoms with Gasteiger partial charge >= 0.3 is 0 Å². The Morgan fingerprint density at radius 1 is 1.25 bits per heavy atom. The first-order valence-corrected chi connectivity index (χ1v) is 7.90. The largest absolute Gasteiger partial charge is 0.349 e. The first-order chi connectivity index (χ1) is 9.46. The summed E-state index contributed by atoms with van der Waals surface area (Å²) in [5.74, 6) is 0.316. The molecule has 0 saturated heterocycles. The number of rotatable bonds is 6. The fourth-order valence-electron chi connectivity index (χ4n) is 3.20. The third-order valence-corrected chi connectivity index (χ3v) is 4.31. The van der Waals surface area contributed by atoms with Crippen LogP contribution in [0, 0.1) is 5.41 Å². The second kappa shape index (κ2) is 6.13. The molecule has 1 aromatic rings. The summed E-state index contributed by atoms with van der Waals surface area (Å²) in [6.45, 7) is 13.1. The molecule has 0 radical (unpaired) electrons. The molecule has 0 unspecified atom stereocenters. The molecule has 0 bridgehead atoms. The first kappa shape index (κ1) is 15.3. The molecule has 0 N–H and O–H groups in total. The van der Waals surface area contributed by atoms with E-state index in [1.54, 1.807) is 0 Å². The number of nitrogens with zero attached hydrogens (tertiary/aromatic N) is 2. The second-order valence-electron chi connectivity index (χ2n) is 6.74. The number of likely N-dealkylation sites (N-methyl/N-ethyl adjacent to an activating group) is 1. The molecule has 2 rings (SSSR count). The predicted molar refractivity (Wildman–Crippen MR) is 83.3 cm³/mol. The van der Waals surface area contributed by atoms with Crippen molar-refractivity contribution in [2.45, 2.75) is 53.5 Å². The van der Waals surface area contributed by atoms with Crippen molar-refractivity contribution < 1.29 is 4.79 Å². The molecular formula is C17H28N2O. The number of fused-ring (bicyclic) bond motifs is 1. The lowest BCUT2D eigenvalue weighted by Crippen LogP contribution is -2.31. The van der Waals surface area contributed by atoms with Crippen LogP contribution in [-0.2, 0) is 13.0 Å². The molecule has 0 amide bonds. The van der Waals surface area contributed by atoms with Gasteiger partial charge < -0.3 is 9.47 Å². The zero-order valence-electron chi connectivity index (χ0n) is 13.4. The van der Waals surface area contributed by atoms with E-state index in [-0.39, 0.29) is 5.41 Å². The molecule has 20 heavy (non-hydrogen) atoms. The number of Topliss-reactive ketones (excluding diaryl/α,β-unsaturated/α-hetero) is 1. The minimum absolute atomic E-state index is 0.105. The van der Waals surface area contributed by atoms with Gasteiger partial charge in [-0.3, -0.25) is 4.79 Å². The fourth-order valence-corrected chi connectivity index (χ4v) is 3.20. The standard InChI is InChI=1S/C17H28N2O/c1-5-8-18(6-2)10-11-19-9-7-14-15(19)12-17(3,4)13-16(14)20/h7,9H,5-6,8,10-13H2,1-4H3. The minimum atomic E-state index is 0.105. The van der Waals surface area contributed by atoms with Crippen LogP contribution in [0.25, 0.3) is 0 Å². The second-order valence-corrected chi connectivity index (χ2v) is 6.74. The van der Waals surface area contributed by atoms with Crippen LogP contribution in [0.1, 0.15) is 56.6 Å². The van der Waals surface area contributed by atoms with Gasteiger partial charge in [0.1, 0.15) is 0 Å². The summed E-state index contributed by atoms with van der Waals surface area (Å²) in [5.41, 5.74) is 2.32. The van der Waals surface area contributed by atoms with Gasteiger partial charge in [0.25, 0.3) is 0 Å². The van der Waals surface area contributed by atoms with Crippen LogP contribution in [-0.4, -0.2) is 34.9 Å². The van der Waals surface area contributed by atoms with Crippen molar-refractivity contribution >= 4 is 5.78 Å². The fraction of sp³-hybridized carbons (Fsp3) is 0.706. The van der Waals surface area contributed by atoms with Gasteiger partial charge in [0.15, 0.2) is 5.78 Å². The van der Waals surface area contributed by atoms with Gasteiger partial charge in [-0.25, -0.2) is 0 Å². The van der Waals surface area contributed by atoms with Gasteiger partial charge in [0, 0.05) is 37.0 Å². The van der Waals surface area contributed by atoms with Crippen molar-refractivity contribution in [3.05, 3.63) is 23.5 Å². The summed E-state index contributed by atoms with van der Waals surface area (Å²) in [6.07, 6.45) is 4.99. The highest BCUT2D eigenvalue weighted by atomic mass is 16.1. The van der Waals surface area contributed by atoms with E-state index in [4.69, 9.17) is 0 Å². The lowest BCUT2D eigenvalue weighted by Gasteiger charge is -2.30. The highest BCUT2D eigenvalue weighted by Crippen LogP contribution is 2.35. The number of aromatic nitrogens is 1. The predicted octanol–water partition coefficient (Wildman–Crippen LogP) is 3.38. The summed E-state index contributed by atoms with van der Waals surface area (Å²) in [7, 11) is 0. The topological polar surface area (TPSA) is 25.2 Å². The molecule has 0 saturated carbocycles. The Kier molecular flexibility index (Phi) is 4.69. The minimum Gasteiger partial charge on any atom is -0.349 e. The molecule has 1 aliphatic rings. The van der Waals surface area contributed by atoms with Crippen LogP contribution < -0.4 is 0 Å². The molecule has 0 aromatic carbocycles. The Morgan fingerprint density at radius 2 is 2.00 bits per heavy atom. The quantitative estimate of drug-likeness (QED) is 0.796. The van der Waals surface area contributed by atoms with Crippen LogP contribution in [0.3, 0.4) is 0 Å². The SMILES string of the molecule is CCCN(CC)CCn1ccc2c1CC(C)(C)CC2=O. The smallest absolute Gasteiger partial charge is 0.165 e. The number of ketones is 1. The molecular weight excluding hydrogens is 248 g/mol. The zero-order chi connectivity index (χ0) is 14.8. The summed E-state index contributed by atoms with van der Waals surface area (Å²) < 4.78 is 2.30. The highest BCUT2D eigenvalue weighted by molar-refractivity contribution is 5.98.